The molecule has 2 N–H and O–H groups in total. The van der Waals surface area contributed by atoms with Crippen LogP contribution < -0.4 is 5.56 Å². The normalized spacial score (nSPS) is 19.6. The van der Waals surface area contributed by atoms with Crippen LogP contribution in [0, 0.1) is 4.77 Å². The smallest absolute Gasteiger partial charge is 0.272 e. The molecule has 0 spiro atoms. The van der Waals surface area contributed by atoms with Crippen molar-refractivity contribution in [3.8, 4) is 0 Å². The van der Waals surface area contributed by atoms with Crippen molar-refractivity contribution in [1.29, 1.82) is 0 Å². The lowest BCUT2D eigenvalue weighted by molar-refractivity contribution is -0.131. The molecular weight excluding hydrogens is 388 g/mol. The molecule has 2 aromatic heterocycles. The number of aromatic nitrogens is 5. The summed E-state index contributed by atoms with van der Waals surface area (Å²) in [5, 5.41) is 15.4. The maximum atomic E-state index is 13.0. The fraction of sp³-hybridized carbons (Fsp3) is 0.450. The average Bonchev–Trinajstić information content (AvgIpc) is 3.51. The molecule has 1 aromatic carbocycles. The zero-order valence-corrected chi connectivity index (χ0v) is 16.7. The minimum atomic E-state index is -0.238. The van der Waals surface area contributed by atoms with Gasteiger partial charge in [-0.1, -0.05) is 18.2 Å². The van der Waals surface area contributed by atoms with Gasteiger partial charge >= 0.3 is 0 Å². The molecule has 3 heterocycles. The third-order valence-electron chi connectivity index (χ3n) is 5.88. The maximum absolute atomic E-state index is 13.0. The Kier molecular flexibility index (Phi) is 4.54. The second kappa shape index (κ2) is 7.22. The summed E-state index contributed by atoms with van der Waals surface area (Å²) in [7, 11) is 0. The molecule has 1 aliphatic heterocycles. The highest BCUT2D eigenvalue weighted by atomic mass is 32.1. The predicted molar refractivity (Wildman–Crippen MR) is 110 cm³/mol. The largest absolute Gasteiger partial charge is 0.342 e. The number of rotatable bonds is 4. The van der Waals surface area contributed by atoms with E-state index in [2.05, 4.69) is 25.0 Å². The standard InChI is InChI=1S/C20H22N6O2S/c27-17(10-16-14-5-1-2-6-15(14)19(28)23-21-16)25-9-3-4-12(11-25)18-22-24-20(29)26(18)13-7-8-13/h1-2,5-6,12-13H,3-4,7-11H2,(H,23,28)(H,24,29). The Bertz CT molecular complexity index is 1190. The summed E-state index contributed by atoms with van der Waals surface area (Å²) in [4.78, 5) is 26.9. The second-order valence-corrected chi connectivity index (χ2v) is 8.28. The number of benzene rings is 1. The summed E-state index contributed by atoms with van der Waals surface area (Å²) in [6.45, 7) is 1.36. The van der Waals surface area contributed by atoms with E-state index in [1.807, 2.05) is 23.1 Å². The molecule has 1 saturated carbocycles. The van der Waals surface area contributed by atoms with Gasteiger partial charge in [0.15, 0.2) is 4.77 Å². The van der Waals surface area contributed by atoms with Crippen molar-refractivity contribution in [2.75, 3.05) is 13.1 Å². The number of carbonyl (C=O) groups is 1. The molecule has 1 saturated heterocycles. The number of hydrogen-bond donors (Lipinski definition) is 2. The highest BCUT2D eigenvalue weighted by molar-refractivity contribution is 7.71. The molecule has 1 atom stereocenters. The van der Waals surface area contributed by atoms with E-state index >= 15 is 0 Å². The van der Waals surface area contributed by atoms with E-state index in [0.717, 1.165) is 43.4 Å². The number of amides is 1. The lowest BCUT2D eigenvalue weighted by atomic mass is 9.96. The molecule has 3 aromatic rings. The molecule has 0 radical (unpaired) electrons. The van der Waals surface area contributed by atoms with Crippen molar-refractivity contribution in [3.63, 3.8) is 0 Å². The molecule has 1 aliphatic carbocycles. The van der Waals surface area contributed by atoms with E-state index in [1.165, 1.54) is 0 Å². The zero-order chi connectivity index (χ0) is 20.0. The van der Waals surface area contributed by atoms with Gasteiger partial charge in [-0.2, -0.15) is 10.2 Å². The van der Waals surface area contributed by atoms with E-state index < -0.39 is 0 Å². The first kappa shape index (κ1) is 18.2. The van der Waals surface area contributed by atoms with Crippen LogP contribution in [0.25, 0.3) is 10.8 Å². The van der Waals surface area contributed by atoms with Gasteiger partial charge in [-0.15, -0.1) is 0 Å². The molecule has 8 nitrogen and oxygen atoms in total. The SMILES string of the molecule is O=C(Cc1n[nH]c(=O)c2ccccc12)N1CCCC(c2n[nH]c(=S)n2C2CC2)C1. The summed E-state index contributed by atoms with van der Waals surface area (Å²) >= 11 is 5.41. The fourth-order valence-electron chi connectivity index (χ4n) is 4.27. The number of fused-ring (bicyclic) bond motifs is 1. The first-order valence-corrected chi connectivity index (χ1v) is 10.4. The number of nitrogens with one attached hydrogen (secondary N) is 2. The highest BCUT2D eigenvalue weighted by Crippen LogP contribution is 2.38. The average molecular weight is 411 g/mol. The van der Waals surface area contributed by atoms with E-state index in [0.29, 0.717) is 28.4 Å². The van der Waals surface area contributed by atoms with E-state index in [9.17, 15) is 9.59 Å². The summed E-state index contributed by atoms with van der Waals surface area (Å²) < 4.78 is 2.82. The lowest BCUT2D eigenvalue weighted by Gasteiger charge is -2.32. The Balaban J connectivity index is 1.37. The van der Waals surface area contributed by atoms with Crippen LogP contribution in [0.2, 0.25) is 0 Å². The molecule has 29 heavy (non-hydrogen) atoms. The van der Waals surface area contributed by atoms with Crippen LogP contribution in [-0.2, 0) is 11.2 Å². The number of nitrogens with zero attached hydrogens (tertiary/aromatic N) is 4. The second-order valence-electron chi connectivity index (χ2n) is 7.89. The fourth-order valence-corrected chi connectivity index (χ4v) is 4.55. The predicted octanol–water partition coefficient (Wildman–Crippen LogP) is 2.46. The Morgan fingerprint density at radius 3 is 2.72 bits per heavy atom. The van der Waals surface area contributed by atoms with E-state index in [1.54, 1.807) is 6.07 Å². The van der Waals surface area contributed by atoms with Crippen LogP contribution in [0.4, 0.5) is 0 Å². The molecule has 0 bridgehead atoms. The van der Waals surface area contributed by atoms with Crippen molar-refractivity contribution in [2.24, 2.45) is 0 Å². The first-order chi connectivity index (χ1) is 14.1. The van der Waals surface area contributed by atoms with Crippen molar-refractivity contribution in [3.05, 3.63) is 50.9 Å². The van der Waals surface area contributed by atoms with Crippen molar-refractivity contribution in [1.82, 2.24) is 29.9 Å². The van der Waals surface area contributed by atoms with Crippen LogP contribution in [0.15, 0.2) is 29.1 Å². The molecule has 2 fully saturated rings. The molecule has 1 amide bonds. The summed E-state index contributed by atoms with van der Waals surface area (Å²) in [5.41, 5.74) is 0.366. The van der Waals surface area contributed by atoms with Gasteiger partial charge in [0.25, 0.3) is 5.56 Å². The molecule has 2 aliphatic rings. The number of likely N-dealkylation sites (tertiary alicyclic amines) is 1. The van der Waals surface area contributed by atoms with Crippen molar-refractivity contribution < 1.29 is 4.79 Å². The van der Waals surface area contributed by atoms with Crippen LogP contribution in [-0.4, -0.2) is 48.9 Å². The quantitative estimate of drug-likeness (QED) is 0.644. The number of hydrogen-bond acceptors (Lipinski definition) is 5. The number of carbonyl (C=O) groups excluding carboxylic acids is 1. The zero-order valence-electron chi connectivity index (χ0n) is 15.9. The highest BCUT2D eigenvalue weighted by Gasteiger charge is 2.33. The van der Waals surface area contributed by atoms with Crippen LogP contribution in [0.3, 0.4) is 0 Å². The van der Waals surface area contributed by atoms with Gasteiger partial charge in [0.2, 0.25) is 5.91 Å². The minimum absolute atomic E-state index is 0.0199. The third-order valence-corrected chi connectivity index (χ3v) is 6.16. The molecule has 1 unspecified atom stereocenters. The molecule has 9 heteroatoms. The molecular formula is C20H22N6O2S. The number of piperidine rings is 1. The number of H-pyrrole nitrogens is 2. The first-order valence-electron chi connectivity index (χ1n) is 10.0. The van der Waals surface area contributed by atoms with Crippen LogP contribution in [0.1, 0.15) is 49.2 Å². The van der Waals surface area contributed by atoms with E-state index in [4.69, 9.17) is 12.2 Å². The Morgan fingerprint density at radius 1 is 1.14 bits per heavy atom. The lowest BCUT2D eigenvalue weighted by Crippen LogP contribution is -2.40. The van der Waals surface area contributed by atoms with Gasteiger partial charge < -0.3 is 9.47 Å². The Labute approximate surface area is 171 Å². The van der Waals surface area contributed by atoms with E-state index in [-0.39, 0.29) is 23.8 Å². The third kappa shape index (κ3) is 3.39. The summed E-state index contributed by atoms with van der Waals surface area (Å²) in [5.74, 6) is 1.18. The minimum Gasteiger partial charge on any atom is -0.342 e. The van der Waals surface area contributed by atoms with Gasteiger partial charge in [0.1, 0.15) is 5.82 Å². The Morgan fingerprint density at radius 2 is 1.93 bits per heavy atom. The van der Waals surface area contributed by atoms with Gasteiger partial charge in [-0.05, 0) is 44.0 Å². The van der Waals surface area contributed by atoms with Gasteiger partial charge in [0, 0.05) is 30.4 Å². The van der Waals surface area contributed by atoms with Crippen molar-refractivity contribution >= 4 is 28.9 Å². The van der Waals surface area contributed by atoms with Gasteiger partial charge in [-0.3, -0.25) is 14.7 Å². The Hall–Kier alpha value is -2.81. The molecule has 5 rings (SSSR count). The summed E-state index contributed by atoms with van der Waals surface area (Å²) in [6, 6.07) is 7.72. The van der Waals surface area contributed by atoms with Gasteiger partial charge in [0.05, 0.1) is 17.5 Å². The topological polar surface area (TPSA) is 99.7 Å². The van der Waals surface area contributed by atoms with Crippen molar-refractivity contribution in [2.45, 2.75) is 44.1 Å². The monoisotopic (exact) mass is 410 g/mol. The van der Waals surface area contributed by atoms with Crippen LogP contribution >= 0.6 is 12.2 Å². The number of aromatic amines is 2. The molecule has 150 valence electrons. The van der Waals surface area contributed by atoms with Gasteiger partial charge in [-0.25, -0.2) is 5.10 Å². The van der Waals surface area contributed by atoms with Crippen LogP contribution in [0.5, 0.6) is 0 Å². The maximum Gasteiger partial charge on any atom is 0.272 e. The summed E-state index contributed by atoms with van der Waals surface area (Å²) in [6.07, 6.45) is 4.37.